The number of hydrogen-bond acceptors (Lipinski definition) is 4. The molecule has 1 fully saturated rings. The second kappa shape index (κ2) is 5.30. The highest BCUT2D eigenvalue weighted by atomic mass is 16.1. The van der Waals surface area contributed by atoms with Crippen molar-refractivity contribution in [3.63, 3.8) is 0 Å². The van der Waals surface area contributed by atoms with E-state index in [0.717, 1.165) is 30.8 Å². The molecule has 3 rings (SSSR count). The summed E-state index contributed by atoms with van der Waals surface area (Å²) in [6.07, 6.45) is 4.46. The molecular formula is C14H16N4O. The number of hydrogen-bond donors (Lipinski definition) is 0. The molecule has 1 saturated carbocycles. The first-order chi connectivity index (χ1) is 9.34. The van der Waals surface area contributed by atoms with E-state index in [1.165, 1.54) is 0 Å². The summed E-state index contributed by atoms with van der Waals surface area (Å²) >= 11 is 0. The second-order valence-electron chi connectivity index (χ2n) is 4.96. The van der Waals surface area contributed by atoms with Crippen LogP contribution in [0.1, 0.15) is 31.5 Å². The molecule has 5 nitrogen and oxygen atoms in total. The Morgan fingerprint density at radius 1 is 1.21 bits per heavy atom. The third kappa shape index (κ3) is 2.54. The minimum atomic E-state index is 0.0854. The standard InChI is InChI=1S/C14H16N4O/c19-13-9-5-4-6-11(13)10-14-15-16-17-18(14)12-7-2-1-3-8-12/h1-3,7-8,11H,4-6,9-10H2. The van der Waals surface area contributed by atoms with Crippen LogP contribution in [-0.4, -0.2) is 26.0 Å². The third-order valence-electron chi connectivity index (χ3n) is 3.64. The van der Waals surface area contributed by atoms with E-state index in [9.17, 15) is 4.79 Å². The summed E-state index contributed by atoms with van der Waals surface area (Å²) in [5.41, 5.74) is 0.936. The molecule has 2 aromatic rings. The smallest absolute Gasteiger partial charge is 0.157 e. The molecule has 0 amide bonds. The van der Waals surface area contributed by atoms with Gasteiger partial charge in [0.05, 0.1) is 5.69 Å². The Kier molecular flexibility index (Phi) is 3.35. The molecule has 1 aliphatic carbocycles. The largest absolute Gasteiger partial charge is 0.299 e. The summed E-state index contributed by atoms with van der Waals surface area (Å²) in [5.74, 6) is 1.21. The van der Waals surface area contributed by atoms with Crippen LogP contribution in [0.4, 0.5) is 0 Å². The lowest BCUT2D eigenvalue weighted by Gasteiger charge is -2.19. The number of ketones is 1. The summed E-state index contributed by atoms with van der Waals surface area (Å²) in [6, 6.07) is 9.78. The molecular weight excluding hydrogens is 240 g/mol. The van der Waals surface area contributed by atoms with E-state index in [-0.39, 0.29) is 5.92 Å². The van der Waals surface area contributed by atoms with E-state index < -0.39 is 0 Å². The molecule has 1 atom stereocenters. The van der Waals surface area contributed by atoms with E-state index in [0.29, 0.717) is 18.6 Å². The summed E-state index contributed by atoms with van der Waals surface area (Å²) in [6.45, 7) is 0. The van der Waals surface area contributed by atoms with Crippen molar-refractivity contribution in [3.8, 4) is 5.69 Å². The molecule has 0 spiro atoms. The maximum atomic E-state index is 11.9. The quantitative estimate of drug-likeness (QED) is 0.842. The molecule has 0 N–H and O–H groups in total. The second-order valence-corrected chi connectivity index (χ2v) is 4.96. The van der Waals surface area contributed by atoms with Gasteiger partial charge in [-0.2, -0.15) is 4.68 Å². The number of benzene rings is 1. The molecule has 1 aromatic heterocycles. The third-order valence-corrected chi connectivity index (χ3v) is 3.64. The van der Waals surface area contributed by atoms with Gasteiger partial charge in [-0.3, -0.25) is 4.79 Å². The first kappa shape index (κ1) is 12.0. The van der Waals surface area contributed by atoms with Gasteiger partial charge in [-0.25, -0.2) is 0 Å². The summed E-state index contributed by atoms with van der Waals surface area (Å²) in [5, 5.41) is 11.8. The maximum Gasteiger partial charge on any atom is 0.157 e. The fourth-order valence-corrected chi connectivity index (χ4v) is 2.59. The Morgan fingerprint density at radius 2 is 2.05 bits per heavy atom. The molecule has 1 unspecified atom stereocenters. The first-order valence-corrected chi connectivity index (χ1v) is 6.70. The molecule has 1 heterocycles. The molecule has 0 radical (unpaired) electrons. The van der Waals surface area contributed by atoms with Crippen molar-refractivity contribution in [2.24, 2.45) is 5.92 Å². The van der Waals surface area contributed by atoms with Gasteiger partial charge < -0.3 is 0 Å². The van der Waals surface area contributed by atoms with E-state index in [1.807, 2.05) is 30.3 Å². The molecule has 5 heteroatoms. The van der Waals surface area contributed by atoms with Crippen molar-refractivity contribution in [3.05, 3.63) is 36.2 Å². The topological polar surface area (TPSA) is 60.7 Å². The van der Waals surface area contributed by atoms with Crippen LogP contribution in [0.25, 0.3) is 5.69 Å². The first-order valence-electron chi connectivity index (χ1n) is 6.70. The van der Waals surface area contributed by atoms with Crippen LogP contribution in [0.3, 0.4) is 0 Å². The van der Waals surface area contributed by atoms with E-state index in [1.54, 1.807) is 4.68 Å². The number of Topliss-reactive ketones (excluding diaryl/α,β-unsaturated/α-hetero) is 1. The van der Waals surface area contributed by atoms with Gasteiger partial charge in [0.2, 0.25) is 0 Å². The molecule has 1 aliphatic rings. The van der Waals surface area contributed by atoms with Crippen LogP contribution in [-0.2, 0) is 11.2 Å². The predicted molar refractivity (Wildman–Crippen MR) is 69.8 cm³/mol. The van der Waals surface area contributed by atoms with Crippen molar-refractivity contribution < 1.29 is 4.79 Å². The van der Waals surface area contributed by atoms with Crippen LogP contribution >= 0.6 is 0 Å². The fraction of sp³-hybridized carbons (Fsp3) is 0.429. The minimum Gasteiger partial charge on any atom is -0.299 e. The monoisotopic (exact) mass is 256 g/mol. The molecule has 0 aliphatic heterocycles. The van der Waals surface area contributed by atoms with Gasteiger partial charge >= 0.3 is 0 Å². The van der Waals surface area contributed by atoms with Crippen molar-refractivity contribution in [1.29, 1.82) is 0 Å². The lowest BCUT2D eigenvalue weighted by Crippen LogP contribution is -2.22. The highest BCUT2D eigenvalue weighted by Crippen LogP contribution is 2.23. The molecule has 98 valence electrons. The Hall–Kier alpha value is -2.04. The summed E-state index contributed by atoms with van der Waals surface area (Å²) in [7, 11) is 0. The van der Waals surface area contributed by atoms with Crippen LogP contribution in [0, 0.1) is 5.92 Å². The Balaban J connectivity index is 1.82. The highest BCUT2D eigenvalue weighted by Gasteiger charge is 2.24. The van der Waals surface area contributed by atoms with Crippen LogP contribution in [0.5, 0.6) is 0 Å². The van der Waals surface area contributed by atoms with E-state index >= 15 is 0 Å². The lowest BCUT2D eigenvalue weighted by molar-refractivity contribution is -0.124. The van der Waals surface area contributed by atoms with Gasteiger partial charge in [0.1, 0.15) is 5.78 Å². The molecule has 1 aromatic carbocycles. The Morgan fingerprint density at radius 3 is 2.84 bits per heavy atom. The van der Waals surface area contributed by atoms with Gasteiger partial charge in [0, 0.05) is 18.8 Å². The fourth-order valence-electron chi connectivity index (χ4n) is 2.59. The zero-order valence-corrected chi connectivity index (χ0v) is 10.7. The van der Waals surface area contributed by atoms with Crippen molar-refractivity contribution in [2.45, 2.75) is 32.1 Å². The summed E-state index contributed by atoms with van der Waals surface area (Å²) < 4.78 is 1.72. The van der Waals surface area contributed by atoms with Gasteiger partial charge in [0.15, 0.2) is 5.82 Å². The van der Waals surface area contributed by atoms with Crippen molar-refractivity contribution >= 4 is 5.78 Å². The van der Waals surface area contributed by atoms with E-state index in [2.05, 4.69) is 15.5 Å². The van der Waals surface area contributed by atoms with Gasteiger partial charge in [0.25, 0.3) is 0 Å². The Labute approximate surface area is 111 Å². The molecule has 0 bridgehead atoms. The number of carbonyl (C=O) groups is 1. The van der Waals surface area contributed by atoms with Gasteiger partial charge in [-0.15, -0.1) is 5.10 Å². The van der Waals surface area contributed by atoms with E-state index in [4.69, 9.17) is 0 Å². The highest BCUT2D eigenvalue weighted by molar-refractivity contribution is 5.81. The summed E-state index contributed by atoms with van der Waals surface area (Å²) in [4.78, 5) is 11.9. The average molecular weight is 256 g/mol. The van der Waals surface area contributed by atoms with Crippen molar-refractivity contribution in [1.82, 2.24) is 20.2 Å². The number of para-hydroxylation sites is 1. The zero-order chi connectivity index (χ0) is 13.1. The number of tetrazole rings is 1. The van der Waals surface area contributed by atoms with Crippen LogP contribution in [0.2, 0.25) is 0 Å². The average Bonchev–Trinajstić information content (AvgIpc) is 2.91. The Bertz CT molecular complexity index is 564. The molecule has 0 saturated heterocycles. The van der Waals surface area contributed by atoms with Gasteiger partial charge in [-0.05, 0) is 35.4 Å². The number of carbonyl (C=O) groups excluding carboxylic acids is 1. The number of nitrogens with zero attached hydrogens (tertiary/aromatic N) is 4. The van der Waals surface area contributed by atoms with Crippen LogP contribution in [0.15, 0.2) is 30.3 Å². The number of rotatable bonds is 3. The minimum absolute atomic E-state index is 0.0854. The van der Waals surface area contributed by atoms with Crippen LogP contribution < -0.4 is 0 Å². The van der Waals surface area contributed by atoms with Gasteiger partial charge in [-0.1, -0.05) is 24.6 Å². The predicted octanol–water partition coefficient (Wildman–Crippen LogP) is 1.96. The zero-order valence-electron chi connectivity index (χ0n) is 10.7. The van der Waals surface area contributed by atoms with Crippen molar-refractivity contribution in [2.75, 3.05) is 0 Å². The normalized spacial score (nSPS) is 19.6. The maximum absolute atomic E-state index is 11.9. The lowest BCUT2D eigenvalue weighted by atomic mass is 9.85. The number of aromatic nitrogens is 4. The SMILES string of the molecule is O=C1CCCCC1Cc1nnnn1-c1ccccc1. The molecule has 19 heavy (non-hydrogen) atoms.